The summed E-state index contributed by atoms with van der Waals surface area (Å²) in [5.41, 5.74) is 1.33. The maximum absolute atomic E-state index is 9.23. The average Bonchev–Trinajstić information content (AvgIpc) is 2.16. The highest BCUT2D eigenvalue weighted by molar-refractivity contribution is 6.32. The molecular formula is C12H15ClN2O. The number of nitriles is 1. The average molecular weight is 239 g/mol. The molecule has 0 radical (unpaired) electrons. The summed E-state index contributed by atoms with van der Waals surface area (Å²) in [7, 11) is 0. The Kier molecular flexibility index (Phi) is 4.60. The van der Waals surface area contributed by atoms with Gasteiger partial charge in [-0.1, -0.05) is 11.6 Å². The van der Waals surface area contributed by atoms with E-state index >= 15 is 0 Å². The standard InChI is InChI=1S/C12H15ClN2O/c1-8(5-9(2)16)15-11-4-3-10(7-14)12(13)6-11/h3-4,6,8-9,15-16H,5H2,1-2H3. The first kappa shape index (κ1) is 12.8. The lowest BCUT2D eigenvalue weighted by atomic mass is 10.1. The summed E-state index contributed by atoms with van der Waals surface area (Å²) in [5, 5.41) is 21.6. The minimum atomic E-state index is -0.337. The molecule has 0 bridgehead atoms. The molecule has 0 heterocycles. The van der Waals surface area contributed by atoms with E-state index in [0.29, 0.717) is 17.0 Å². The van der Waals surface area contributed by atoms with Crippen LogP contribution in [0, 0.1) is 11.3 Å². The maximum atomic E-state index is 9.23. The van der Waals surface area contributed by atoms with Gasteiger partial charge in [-0.05, 0) is 38.5 Å². The zero-order chi connectivity index (χ0) is 12.1. The van der Waals surface area contributed by atoms with Crippen molar-refractivity contribution in [3.05, 3.63) is 28.8 Å². The molecule has 0 amide bonds. The van der Waals surface area contributed by atoms with Crippen LogP contribution in [-0.2, 0) is 0 Å². The summed E-state index contributed by atoms with van der Waals surface area (Å²) < 4.78 is 0. The van der Waals surface area contributed by atoms with E-state index in [1.54, 1.807) is 19.1 Å². The fraction of sp³-hybridized carbons (Fsp3) is 0.417. The molecule has 1 aromatic carbocycles. The van der Waals surface area contributed by atoms with E-state index in [-0.39, 0.29) is 12.1 Å². The molecule has 16 heavy (non-hydrogen) atoms. The van der Waals surface area contributed by atoms with Gasteiger partial charge in [0.2, 0.25) is 0 Å². The van der Waals surface area contributed by atoms with E-state index in [0.717, 1.165) is 5.69 Å². The van der Waals surface area contributed by atoms with Crippen molar-refractivity contribution < 1.29 is 5.11 Å². The van der Waals surface area contributed by atoms with Gasteiger partial charge >= 0.3 is 0 Å². The first-order valence-electron chi connectivity index (χ1n) is 5.17. The molecule has 2 unspecified atom stereocenters. The van der Waals surface area contributed by atoms with Gasteiger partial charge in [0, 0.05) is 11.7 Å². The Bertz CT molecular complexity index is 398. The van der Waals surface area contributed by atoms with E-state index in [1.165, 1.54) is 0 Å². The normalized spacial score (nSPS) is 13.9. The second kappa shape index (κ2) is 5.74. The molecule has 2 N–H and O–H groups in total. The minimum Gasteiger partial charge on any atom is -0.393 e. The van der Waals surface area contributed by atoms with Gasteiger partial charge in [-0.15, -0.1) is 0 Å². The number of nitrogens with zero attached hydrogens (tertiary/aromatic N) is 1. The second-order valence-corrected chi connectivity index (χ2v) is 4.34. The molecule has 0 aromatic heterocycles. The molecule has 4 heteroatoms. The smallest absolute Gasteiger partial charge is 0.101 e. The molecule has 0 aliphatic carbocycles. The van der Waals surface area contributed by atoms with Crippen LogP contribution in [0.2, 0.25) is 5.02 Å². The minimum absolute atomic E-state index is 0.156. The van der Waals surface area contributed by atoms with Gasteiger partial charge < -0.3 is 10.4 Å². The van der Waals surface area contributed by atoms with E-state index in [1.807, 2.05) is 19.1 Å². The van der Waals surface area contributed by atoms with E-state index in [4.69, 9.17) is 16.9 Å². The predicted molar refractivity (Wildman–Crippen MR) is 65.5 cm³/mol. The molecule has 0 fully saturated rings. The van der Waals surface area contributed by atoms with Crippen LogP contribution in [0.25, 0.3) is 0 Å². The van der Waals surface area contributed by atoms with Crippen molar-refractivity contribution in [1.82, 2.24) is 0 Å². The van der Waals surface area contributed by atoms with Crippen molar-refractivity contribution in [3.8, 4) is 6.07 Å². The Balaban J connectivity index is 2.69. The van der Waals surface area contributed by atoms with Crippen molar-refractivity contribution in [1.29, 1.82) is 5.26 Å². The molecule has 0 saturated carbocycles. The number of nitrogens with one attached hydrogen (secondary N) is 1. The molecule has 2 atom stereocenters. The highest BCUT2D eigenvalue weighted by atomic mass is 35.5. The van der Waals surface area contributed by atoms with Crippen LogP contribution in [0.3, 0.4) is 0 Å². The third kappa shape index (κ3) is 3.73. The quantitative estimate of drug-likeness (QED) is 0.848. The fourth-order valence-electron chi connectivity index (χ4n) is 1.55. The largest absolute Gasteiger partial charge is 0.393 e. The Morgan fingerprint density at radius 1 is 1.50 bits per heavy atom. The van der Waals surface area contributed by atoms with Crippen molar-refractivity contribution in [2.24, 2.45) is 0 Å². The molecule has 0 aliphatic rings. The van der Waals surface area contributed by atoms with Gasteiger partial charge in [0.05, 0.1) is 16.7 Å². The first-order valence-corrected chi connectivity index (χ1v) is 5.55. The van der Waals surface area contributed by atoms with Gasteiger partial charge in [0.15, 0.2) is 0 Å². The molecule has 3 nitrogen and oxygen atoms in total. The number of aliphatic hydroxyl groups is 1. The second-order valence-electron chi connectivity index (χ2n) is 3.94. The molecule has 0 spiro atoms. The number of hydrogen-bond donors (Lipinski definition) is 2. The van der Waals surface area contributed by atoms with Gasteiger partial charge in [-0.3, -0.25) is 0 Å². The summed E-state index contributed by atoms with van der Waals surface area (Å²) in [5.74, 6) is 0. The summed E-state index contributed by atoms with van der Waals surface area (Å²) in [6, 6.07) is 7.37. The first-order chi connectivity index (χ1) is 7.52. The molecule has 0 aliphatic heterocycles. The van der Waals surface area contributed by atoms with E-state index in [9.17, 15) is 5.11 Å². The maximum Gasteiger partial charge on any atom is 0.101 e. The lowest BCUT2D eigenvalue weighted by molar-refractivity contribution is 0.179. The summed E-state index contributed by atoms with van der Waals surface area (Å²) in [6.45, 7) is 3.74. The zero-order valence-electron chi connectivity index (χ0n) is 9.37. The number of anilines is 1. The van der Waals surface area contributed by atoms with Crippen LogP contribution in [0.15, 0.2) is 18.2 Å². The summed E-state index contributed by atoms with van der Waals surface area (Å²) >= 11 is 5.91. The third-order valence-corrected chi connectivity index (χ3v) is 2.51. The number of aliphatic hydroxyl groups excluding tert-OH is 1. The molecule has 1 aromatic rings. The Labute approximate surface area is 101 Å². The highest BCUT2D eigenvalue weighted by Crippen LogP contribution is 2.21. The lowest BCUT2D eigenvalue weighted by Crippen LogP contribution is -2.20. The third-order valence-electron chi connectivity index (χ3n) is 2.20. The molecule has 86 valence electrons. The van der Waals surface area contributed by atoms with Crippen LogP contribution in [0.1, 0.15) is 25.8 Å². The van der Waals surface area contributed by atoms with Crippen LogP contribution >= 0.6 is 11.6 Å². The van der Waals surface area contributed by atoms with Gasteiger partial charge in [0.1, 0.15) is 6.07 Å². The molecular weight excluding hydrogens is 224 g/mol. The zero-order valence-corrected chi connectivity index (χ0v) is 10.1. The number of rotatable bonds is 4. The van der Waals surface area contributed by atoms with Crippen LogP contribution in [0.4, 0.5) is 5.69 Å². The Morgan fingerprint density at radius 3 is 2.69 bits per heavy atom. The van der Waals surface area contributed by atoms with E-state index in [2.05, 4.69) is 5.32 Å². The predicted octanol–water partition coefficient (Wildman–Crippen LogP) is 2.78. The summed E-state index contributed by atoms with van der Waals surface area (Å²) in [6.07, 6.45) is 0.328. The van der Waals surface area contributed by atoms with Crippen LogP contribution in [0.5, 0.6) is 0 Å². The topological polar surface area (TPSA) is 56.0 Å². The van der Waals surface area contributed by atoms with Gasteiger partial charge in [-0.2, -0.15) is 5.26 Å². The lowest BCUT2D eigenvalue weighted by Gasteiger charge is -2.16. The number of hydrogen-bond acceptors (Lipinski definition) is 3. The Hall–Kier alpha value is -1.24. The van der Waals surface area contributed by atoms with Crippen molar-refractivity contribution in [2.45, 2.75) is 32.4 Å². The van der Waals surface area contributed by atoms with Gasteiger partial charge in [-0.25, -0.2) is 0 Å². The number of benzene rings is 1. The molecule has 1 rings (SSSR count). The monoisotopic (exact) mass is 238 g/mol. The van der Waals surface area contributed by atoms with Gasteiger partial charge in [0.25, 0.3) is 0 Å². The van der Waals surface area contributed by atoms with E-state index < -0.39 is 0 Å². The van der Waals surface area contributed by atoms with Crippen molar-refractivity contribution in [2.75, 3.05) is 5.32 Å². The SMILES string of the molecule is CC(O)CC(C)Nc1ccc(C#N)c(Cl)c1. The Morgan fingerprint density at radius 2 is 2.19 bits per heavy atom. The van der Waals surface area contributed by atoms with Crippen molar-refractivity contribution >= 4 is 17.3 Å². The van der Waals surface area contributed by atoms with Crippen molar-refractivity contribution in [3.63, 3.8) is 0 Å². The summed E-state index contributed by atoms with van der Waals surface area (Å²) in [4.78, 5) is 0. The number of halogens is 1. The van der Waals surface area contributed by atoms with Crippen LogP contribution < -0.4 is 5.32 Å². The fourth-order valence-corrected chi connectivity index (χ4v) is 1.77. The van der Waals surface area contributed by atoms with Crippen LogP contribution in [-0.4, -0.2) is 17.3 Å². The highest BCUT2D eigenvalue weighted by Gasteiger charge is 2.07. The molecule has 0 saturated heterocycles.